The normalized spacial score (nSPS) is 26.6. The molecule has 3 heteroatoms. The Hall–Kier alpha value is 0.240. The first-order valence-corrected chi connectivity index (χ1v) is 3.35. The minimum Gasteiger partial charge on any atom is -0.322 e. The lowest BCUT2D eigenvalue weighted by Crippen LogP contribution is -2.54. The van der Waals surface area contributed by atoms with Crippen molar-refractivity contribution >= 4 is 11.8 Å². The lowest BCUT2D eigenvalue weighted by molar-refractivity contribution is 0.350. The number of hydrogen-bond acceptors (Lipinski definition) is 2. The molecule has 0 bridgehead atoms. The molecule has 0 aromatic rings. The van der Waals surface area contributed by atoms with Crippen molar-refractivity contribution in [2.45, 2.75) is 5.54 Å². The van der Waals surface area contributed by atoms with E-state index < -0.39 is 5.54 Å². The van der Waals surface area contributed by atoms with Gasteiger partial charge in [0.15, 0.2) is 0 Å². The van der Waals surface area contributed by atoms with Crippen LogP contribution in [0.15, 0.2) is 0 Å². The molecule has 1 saturated heterocycles. The van der Waals surface area contributed by atoms with Gasteiger partial charge in [0.25, 0.3) is 0 Å². The van der Waals surface area contributed by atoms with Gasteiger partial charge in [-0.2, -0.15) is 11.8 Å². The summed E-state index contributed by atoms with van der Waals surface area (Å²) in [6.07, 6.45) is 0. The van der Waals surface area contributed by atoms with Crippen LogP contribution in [-0.2, 0) is 0 Å². The standard InChI is InChI=1S/C4H8FNS/c5-1-4(6)2-7-3-4/h1-3,6H2. The quantitative estimate of drug-likeness (QED) is 0.543. The summed E-state index contributed by atoms with van der Waals surface area (Å²) in [4.78, 5) is 0. The van der Waals surface area contributed by atoms with E-state index in [0.717, 1.165) is 11.5 Å². The van der Waals surface area contributed by atoms with Crippen LogP contribution in [0.4, 0.5) is 4.39 Å². The van der Waals surface area contributed by atoms with E-state index in [0.29, 0.717) is 0 Å². The maximum Gasteiger partial charge on any atom is 0.109 e. The lowest BCUT2D eigenvalue weighted by Gasteiger charge is -2.34. The highest BCUT2D eigenvalue weighted by atomic mass is 32.2. The lowest BCUT2D eigenvalue weighted by atomic mass is 10.1. The molecule has 42 valence electrons. The molecule has 1 nitrogen and oxygen atoms in total. The number of alkyl halides is 1. The molecule has 0 aliphatic carbocycles. The largest absolute Gasteiger partial charge is 0.322 e. The molecule has 1 aliphatic heterocycles. The van der Waals surface area contributed by atoms with Crippen molar-refractivity contribution in [1.82, 2.24) is 0 Å². The zero-order chi connectivity index (χ0) is 5.33. The van der Waals surface area contributed by atoms with Crippen LogP contribution in [0.3, 0.4) is 0 Å². The van der Waals surface area contributed by atoms with E-state index in [1.54, 1.807) is 11.8 Å². The monoisotopic (exact) mass is 121 g/mol. The molecular weight excluding hydrogens is 113 g/mol. The Morgan fingerprint density at radius 2 is 2.29 bits per heavy atom. The van der Waals surface area contributed by atoms with Gasteiger partial charge in [-0.05, 0) is 0 Å². The molecule has 0 aromatic carbocycles. The van der Waals surface area contributed by atoms with Crippen molar-refractivity contribution in [3.8, 4) is 0 Å². The minimum absolute atomic E-state index is 0.361. The Kier molecular flexibility index (Phi) is 1.26. The number of thioether (sulfide) groups is 1. The van der Waals surface area contributed by atoms with E-state index >= 15 is 0 Å². The molecule has 1 rings (SSSR count). The highest BCUT2D eigenvalue weighted by molar-refractivity contribution is 8.00. The van der Waals surface area contributed by atoms with Crippen molar-refractivity contribution in [1.29, 1.82) is 0 Å². The third kappa shape index (κ3) is 0.888. The molecular formula is C4H8FNS. The SMILES string of the molecule is NC1(CF)CSC1. The van der Waals surface area contributed by atoms with Crippen LogP contribution < -0.4 is 5.73 Å². The van der Waals surface area contributed by atoms with Crippen LogP contribution in [0.1, 0.15) is 0 Å². The van der Waals surface area contributed by atoms with Crippen molar-refractivity contribution < 1.29 is 4.39 Å². The third-order valence-corrected chi connectivity index (χ3v) is 2.60. The Morgan fingerprint density at radius 3 is 2.29 bits per heavy atom. The van der Waals surface area contributed by atoms with E-state index in [1.807, 2.05) is 0 Å². The third-order valence-electron chi connectivity index (χ3n) is 1.05. The topological polar surface area (TPSA) is 26.0 Å². The second kappa shape index (κ2) is 1.63. The molecule has 7 heavy (non-hydrogen) atoms. The van der Waals surface area contributed by atoms with Gasteiger partial charge in [0, 0.05) is 11.5 Å². The molecule has 2 N–H and O–H groups in total. The fourth-order valence-corrected chi connectivity index (χ4v) is 1.32. The molecule has 1 fully saturated rings. The summed E-state index contributed by atoms with van der Waals surface area (Å²) in [6.45, 7) is -0.361. The van der Waals surface area contributed by atoms with Gasteiger partial charge >= 0.3 is 0 Å². The summed E-state index contributed by atoms with van der Waals surface area (Å²) in [5.74, 6) is 1.59. The second-order valence-corrected chi connectivity index (χ2v) is 2.97. The predicted octanol–water partition coefficient (Wildman–Crippen LogP) is 0.400. The Labute approximate surface area is 46.5 Å². The van der Waals surface area contributed by atoms with Crippen molar-refractivity contribution in [3.63, 3.8) is 0 Å². The van der Waals surface area contributed by atoms with Crippen LogP contribution in [0, 0.1) is 0 Å². The average Bonchev–Trinajstić information content (AvgIpc) is 1.61. The summed E-state index contributed by atoms with van der Waals surface area (Å²) in [5.41, 5.74) is 4.97. The number of hydrogen-bond donors (Lipinski definition) is 1. The summed E-state index contributed by atoms with van der Waals surface area (Å²) >= 11 is 1.70. The number of rotatable bonds is 1. The predicted molar refractivity (Wildman–Crippen MR) is 30.2 cm³/mol. The minimum atomic E-state index is -0.440. The van der Waals surface area contributed by atoms with Gasteiger partial charge in [0.05, 0.1) is 5.54 Å². The van der Waals surface area contributed by atoms with E-state index in [1.165, 1.54) is 0 Å². The number of nitrogens with two attached hydrogens (primary N) is 1. The van der Waals surface area contributed by atoms with Gasteiger partial charge < -0.3 is 5.73 Å². The van der Waals surface area contributed by atoms with Crippen molar-refractivity contribution in [2.24, 2.45) is 5.73 Å². The first kappa shape index (κ1) is 5.38. The van der Waals surface area contributed by atoms with Crippen LogP contribution in [0.5, 0.6) is 0 Å². The Bertz CT molecular complexity index is 66.6. The average molecular weight is 121 g/mol. The molecule has 0 radical (unpaired) electrons. The molecule has 0 saturated carbocycles. The summed E-state index contributed by atoms with van der Waals surface area (Å²) in [6, 6.07) is 0. The number of halogens is 1. The van der Waals surface area contributed by atoms with Crippen molar-refractivity contribution in [2.75, 3.05) is 18.2 Å². The van der Waals surface area contributed by atoms with E-state index in [4.69, 9.17) is 5.73 Å². The summed E-state index contributed by atoms with van der Waals surface area (Å²) < 4.78 is 11.7. The van der Waals surface area contributed by atoms with Gasteiger partial charge in [0.2, 0.25) is 0 Å². The maximum absolute atomic E-state index is 11.7. The zero-order valence-corrected chi connectivity index (χ0v) is 4.80. The Balaban J connectivity index is 2.29. The van der Waals surface area contributed by atoms with Gasteiger partial charge in [-0.1, -0.05) is 0 Å². The van der Waals surface area contributed by atoms with Crippen molar-refractivity contribution in [3.05, 3.63) is 0 Å². The molecule has 0 atom stereocenters. The molecule has 1 heterocycles. The van der Waals surface area contributed by atoms with E-state index in [2.05, 4.69) is 0 Å². The highest BCUT2D eigenvalue weighted by Gasteiger charge is 2.32. The van der Waals surface area contributed by atoms with E-state index in [9.17, 15) is 4.39 Å². The van der Waals surface area contributed by atoms with E-state index in [-0.39, 0.29) is 6.67 Å². The molecule has 1 aliphatic rings. The molecule has 0 unspecified atom stereocenters. The maximum atomic E-state index is 11.7. The van der Waals surface area contributed by atoms with Crippen LogP contribution in [0.25, 0.3) is 0 Å². The molecule has 0 spiro atoms. The smallest absolute Gasteiger partial charge is 0.109 e. The van der Waals surface area contributed by atoms with Gasteiger partial charge in [-0.25, -0.2) is 4.39 Å². The first-order chi connectivity index (χ1) is 3.27. The van der Waals surface area contributed by atoms with Gasteiger partial charge in [-0.15, -0.1) is 0 Å². The fraction of sp³-hybridized carbons (Fsp3) is 1.00. The summed E-state index contributed by atoms with van der Waals surface area (Å²) in [7, 11) is 0. The molecule has 0 amide bonds. The van der Waals surface area contributed by atoms with Crippen LogP contribution in [-0.4, -0.2) is 23.7 Å². The van der Waals surface area contributed by atoms with Gasteiger partial charge in [0.1, 0.15) is 6.67 Å². The van der Waals surface area contributed by atoms with Crippen LogP contribution in [0.2, 0.25) is 0 Å². The highest BCUT2D eigenvalue weighted by Crippen LogP contribution is 2.26. The first-order valence-electron chi connectivity index (χ1n) is 2.19. The molecule has 0 aromatic heterocycles. The van der Waals surface area contributed by atoms with Crippen LogP contribution >= 0.6 is 11.8 Å². The Morgan fingerprint density at radius 1 is 1.71 bits per heavy atom. The summed E-state index contributed by atoms with van der Waals surface area (Å²) in [5, 5.41) is 0. The second-order valence-electron chi connectivity index (χ2n) is 1.99. The van der Waals surface area contributed by atoms with Gasteiger partial charge in [-0.3, -0.25) is 0 Å². The zero-order valence-electron chi connectivity index (χ0n) is 3.98. The fourth-order valence-electron chi connectivity index (χ4n) is 0.441.